The maximum absolute atomic E-state index is 12.3. The molecule has 1 aliphatic heterocycles. The van der Waals surface area contributed by atoms with Crippen molar-refractivity contribution in [2.24, 2.45) is 0 Å². The van der Waals surface area contributed by atoms with E-state index in [1.54, 1.807) is 7.05 Å². The number of aromatic nitrogens is 2. The molecule has 0 spiro atoms. The van der Waals surface area contributed by atoms with E-state index in [9.17, 15) is 13.2 Å². The lowest BCUT2D eigenvalue weighted by atomic mass is 10.1. The number of hydrogen-bond acceptors (Lipinski definition) is 6. The number of hydrogen-bond donors (Lipinski definition) is 1. The summed E-state index contributed by atoms with van der Waals surface area (Å²) in [6.07, 6.45) is 3.40. The molecule has 1 fully saturated rings. The lowest BCUT2D eigenvalue weighted by Gasteiger charge is -2.23. The van der Waals surface area contributed by atoms with E-state index in [4.69, 9.17) is 0 Å². The number of nitrogens with one attached hydrogen (secondary N) is 1. The van der Waals surface area contributed by atoms with Crippen molar-refractivity contribution in [1.29, 1.82) is 0 Å². The molecule has 122 valence electrons. The minimum Gasteiger partial charge on any atom is -0.364 e. The minimum atomic E-state index is -3.02. The van der Waals surface area contributed by atoms with Crippen LogP contribution in [0.5, 0.6) is 0 Å². The van der Waals surface area contributed by atoms with Crippen LogP contribution in [-0.2, 0) is 9.84 Å². The van der Waals surface area contributed by atoms with Crippen molar-refractivity contribution < 1.29 is 13.2 Å². The van der Waals surface area contributed by atoms with Gasteiger partial charge >= 0.3 is 0 Å². The third kappa shape index (κ3) is 4.16. The Morgan fingerprint density at radius 2 is 2.00 bits per heavy atom. The summed E-state index contributed by atoms with van der Waals surface area (Å²) in [6.45, 7) is 6.01. The molecule has 1 atom stereocenters. The Balaban J connectivity index is 2.06. The molecule has 1 aromatic rings. The highest BCUT2D eigenvalue weighted by Gasteiger charge is 2.33. The second-order valence-electron chi connectivity index (χ2n) is 6.63. The van der Waals surface area contributed by atoms with E-state index >= 15 is 0 Å². The van der Waals surface area contributed by atoms with Crippen molar-refractivity contribution in [2.45, 2.75) is 38.8 Å². The Bertz CT molecular complexity index is 650. The van der Waals surface area contributed by atoms with Gasteiger partial charge in [0.15, 0.2) is 9.84 Å². The predicted molar refractivity (Wildman–Crippen MR) is 84.6 cm³/mol. The Morgan fingerprint density at radius 1 is 1.32 bits per heavy atom. The summed E-state index contributed by atoms with van der Waals surface area (Å²) in [5, 5.41) is 3.16. The van der Waals surface area contributed by atoms with Gasteiger partial charge in [-0.15, -0.1) is 0 Å². The molecule has 7 nitrogen and oxygen atoms in total. The third-order valence-electron chi connectivity index (χ3n) is 3.45. The van der Waals surface area contributed by atoms with Crippen molar-refractivity contribution in [3.8, 4) is 0 Å². The fourth-order valence-corrected chi connectivity index (χ4v) is 4.09. The first kappa shape index (κ1) is 16.7. The number of amides is 1. The average Bonchev–Trinajstić information content (AvgIpc) is 2.76. The van der Waals surface area contributed by atoms with Gasteiger partial charge in [-0.1, -0.05) is 0 Å². The maximum atomic E-state index is 12.3. The van der Waals surface area contributed by atoms with Gasteiger partial charge in [0, 0.05) is 18.6 Å². The van der Waals surface area contributed by atoms with Gasteiger partial charge in [-0.2, -0.15) is 0 Å². The van der Waals surface area contributed by atoms with Crippen LogP contribution in [0, 0.1) is 0 Å². The SMILES string of the molecule is CN(C(=O)c1cnc(NC(C)(C)C)cn1)C1CCS(=O)(=O)C1. The molecule has 1 unspecified atom stereocenters. The number of anilines is 1. The minimum absolute atomic E-state index is 0.0202. The lowest BCUT2D eigenvalue weighted by molar-refractivity contribution is 0.0741. The van der Waals surface area contributed by atoms with Crippen LogP contribution in [0.4, 0.5) is 5.82 Å². The van der Waals surface area contributed by atoms with Gasteiger partial charge < -0.3 is 10.2 Å². The van der Waals surface area contributed by atoms with Crippen LogP contribution in [0.3, 0.4) is 0 Å². The Labute approximate surface area is 131 Å². The first-order valence-corrected chi connectivity index (χ1v) is 8.97. The summed E-state index contributed by atoms with van der Waals surface area (Å²) in [5.74, 6) is 0.439. The average molecular weight is 326 g/mol. The van der Waals surface area contributed by atoms with Crippen molar-refractivity contribution in [3.63, 3.8) is 0 Å². The fourth-order valence-electron chi connectivity index (χ4n) is 2.31. The largest absolute Gasteiger partial charge is 0.364 e. The van der Waals surface area contributed by atoms with Crippen LogP contribution in [0.2, 0.25) is 0 Å². The Hall–Kier alpha value is -1.70. The zero-order valence-electron chi connectivity index (χ0n) is 13.3. The van der Waals surface area contributed by atoms with Crippen LogP contribution in [0.15, 0.2) is 12.4 Å². The number of carbonyl (C=O) groups is 1. The van der Waals surface area contributed by atoms with E-state index in [1.807, 2.05) is 20.8 Å². The molecule has 1 saturated heterocycles. The predicted octanol–water partition coefficient (Wildman–Crippen LogP) is 0.946. The van der Waals surface area contributed by atoms with Gasteiger partial charge in [-0.3, -0.25) is 4.79 Å². The van der Waals surface area contributed by atoms with E-state index < -0.39 is 9.84 Å². The van der Waals surface area contributed by atoms with Crippen LogP contribution in [0.1, 0.15) is 37.7 Å². The molecule has 1 N–H and O–H groups in total. The summed E-state index contributed by atoms with van der Waals surface area (Å²) < 4.78 is 23.0. The molecular weight excluding hydrogens is 304 g/mol. The van der Waals surface area contributed by atoms with Gasteiger partial charge in [0.1, 0.15) is 11.5 Å². The molecule has 0 saturated carbocycles. The Kier molecular flexibility index (Phi) is 4.42. The van der Waals surface area contributed by atoms with E-state index in [1.165, 1.54) is 17.3 Å². The topological polar surface area (TPSA) is 92.3 Å². The highest BCUT2D eigenvalue weighted by molar-refractivity contribution is 7.91. The zero-order valence-corrected chi connectivity index (χ0v) is 14.1. The van der Waals surface area contributed by atoms with Crippen molar-refractivity contribution in [3.05, 3.63) is 18.1 Å². The summed E-state index contributed by atoms with van der Waals surface area (Å²) >= 11 is 0. The molecule has 2 heterocycles. The van der Waals surface area contributed by atoms with E-state index in [0.29, 0.717) is 12.2 Å². The summed E-state index contributed by atoms with van der Waals surface area (Å²) in [7, 11) is -1.42. The molecule has 2 rings (SSSR count). The lowest BCUT2D eigenvalue weighted by Crippen LogP contribution is -2.38. The monoisotopic (exact) mass is 326 g/mol. The Morgan fingerprint density at radius 3 is 2.45 bits per heavy atom. The molecule has 8 heteroatoms. The van der Waals surface area contributed by atoms with Crippen LogP contribution >= 0.6 is 0 Å². The molecule has 0 aromatic carbocycles. The number of carbonyl (C=O) groups excluding carboxylic acids is 1. The van der Waals surface area contributed by atoms with Crippen LogP contribution in [-0.4, -0.2) is 59.3 Å². The fraction of sp³-hybridized carbons (Fsp3) is 0.643. The normalized spacial score (nSPS) is 20.6. The first-order valence-electron chi connectivity index (χ1n) is 7.15. The van der Waals surface area contributed by atoms with Gasteiger partial charge in [0.05, 0.1) is 23.9 Å². The first-order chi connectivity index (χ1) is 10.1. The molecule has 0 radical (unpaired) electrons. The molecule has 1 aromatic heterocycles. The summed E-state index contributed by atoms with van der Waals surface area (Å²) in [4.78, 5) is 22.1. The molecule has 22 heavy (non-hydrogen) atoms. The van der Waals surface area contributed by atoms with E-state index in [2.05, 4.69) is 15.3 Å². The zero-order chi connectivity index (χ0) is 16.5. The van der Waals surface area contributed by atoms with Crippen LogP contribution in [0.25, 0.3) is 0 Å². The second kappa shape index (κ2) is 5.83. The number of sulfone groups is 1. The highest BCUT2D eigenvalue weighted by atomic mass is 32.2. The number of nitrogens with zero attached hydrogens (tertiary/aromatic N) is 3. The van der Waals surface area contributed by atoms with Crippen molar-refractivity contribution >= 4 is 21.6 Å². The molecular formula is C14H22N4O3S. The van der Waals surface area contributed by atoms with E-state index in [0.717, 1.165) is 0 Å². The smallest absolute Gasteiger partial charge is 0.274 e. The van der Waals surface area contributed by atoms with Crippen molar-refractivity contribution in [1.82, 2.24) is 14.9 Å². The molecule has 1 amide bonds. The second-order valence-corrected chi connectivity index (χ2v) is 8.86. The van der Waals surface area contributed by atoms with E-state index in [-0.39, 0.29) is 34.7 Å². The van der Waals surface area contributed by atoms with Gasteiger partial charge in [-0.25, -0.2) is 18.4 Å². The standard InChI is InChI=1S/C14H22N4O3S/c1-14(2,3)17-12-8-15-11(7-16-12)13(19)18(4)10-5-6-22(20,21)9-10/h7-8,10H,5-6,9H2,1-4H3,(H,16,17). The van der Waals surface area contributed by atoms with Gasteiger partial charge in [0.2, 0.25) is 0 Å². The maximum Gasteiger partial charge on any atom is 0.274 e. The van der Waals surface area contributed by atoms with Crippen LogP contribution < -0.4 is 5.32 Å². The third-order valence-corrected chi connectivity index (χ3v) is 5.20. The van der Waals surface area contributed by atoms with Gasteiger partial charge in [0.25, 0.3) is 5.91 Å². The molecule has 0 aliphatic carbocycles. The molecule has 0 bridgehead atoms. The summed E-state index contributed by atoms with van der Waals surface area (Å²) in [6, 6.07) is -0.285. The van der Waals surface area contributed by atoms with Gasteiger partial charge in [-0.05, 0) is 27.2 Å². The van der Waals surface area contributed by atoms with Crippen molar-refractivity contribution in [2.75, 3.05) is 23.9 Å². The summed E-state index contributed by atoms with van der Waals surface area (Å²) in [5.41, 5.74) is 0.0705. The molecule has 1 aliphatic rings. The quantitative estimate of drug-likeness (QED) is 0.889. The highest BCUT2D eigenvalue weighted by Crippen LogP contribution is 2.18. The number of rotatable bonds is 3.